The lowest BCUT2D eigenvalue weighted by Crippen LogP contribution is -2.59. The van der Waals surface area contributed by atoms with Gasteiger partial charge < -0.3 is 26.0 Å². The molecular weight excluding hydrogens is 540 g/mol. The van der Waals surface area contributed by atoms with Gasteiger partial charge in [-0.3, -0.25) is 24.0 Å². The lowest BCUT2D eigenvalue weighted by Gasteiger charge is -2.31. The Morgan fingerprint density at radius 1 is 0.786 bits per heavy atom. The lowest BCUT2D eigenvalue weighted by atomic mass is 9.85. The van der Waals surface area contributed by atoms with Crippen LogP contribution >= 0.6 is 0 Å². The summed E-state index contributed by atoms with van der Waals surface area (Å²) in [6.07, 6.45) is 0. The second-order valence-corrected chi connectivity index (χ2v) is 11.3. The molecule has 42 heavy (non-hydrogen) atoms. The molecular formula is C31H40N4O7. The molecule has 0 radical (unpaired) electrons. The Balaban J connectivity index is 2.03. The third-order valence-electron chi connectivity index (χ3n) is 6.46. The van der Waals surface area contributed by atoms with Crippen LogP contribution in [0.15, 0.2) is 54.6 Å². The molecule has 0 unspecified atom stereocenters. The van der Waals surface area contributed by atoms with Crippen LogP contribution in [0.4, 0.5) is 0 Å². The highest BCUT2D eigenvalue weighted by Crippen LogP contribution is 2.20. The smallest absolute Gasteiger partial charge is 0.337 e. The zero-order valence-electron chi connectivity index (χ0n) is 25.1. The van der Waals surface area contributed by atoms with E-state index in [0.717, 1.165) is 0 Å². The number of Topliss-reactive ketones (excluding diaryl/α,β-unsaturated/α-hetero) is 1. The molecule has 0 spiro atoms. The summed E-state index contributed by atoms with van der Waals surface area (Å²) in [6, 6.07) is 11.7. The van der Waals surface area contributed by atoms with Gasteiger partial charge in [-0.1, -0.05) is 65.0 Å². The third kappa shape index (κ3) is 9.53. The largest absolute Gasteiger partial charge is 0.465 e. The van der Waals surface area contributed by atoms with Gasteiger partial charge in [0.15, 0.2) is 0 Å². The maximum absolute atomic E-state index is 13.2. The van der Waals surface area contributed by atoms with E-state index in [1.165, 1.54) is 20.1 Å². The number of ether oxygens (including phenoxy) is 1. The average molecular weight is 581 g/mol. The Bertz CT molecular complexity index is 1300. The van der Waals surface area contributed by atoms with Gasteiger partial charge in [-0.25, -0.2) is 4.79 Å². The van der Waals surface area contributed by atoms with Crippen LogP contribution in [-0.4, -0.2) is 60.6 Å². The normalized spacial score (nSPS) is 13.2. The highest BCUT2D eigenvalue weighted by atomic mass is 16.5. The van der Waals surface area contributed by atoms with E-state index < -0.39 is 64.8 Å². The molecule has 0 saturated heterocycles. The van der Waals surface area contributed by atoms with Gasteiger partial charge in [0.1, 0.15) is 12.1 Å². The van der Waals surface area contributed by atoms with Crippen molar-refractivity contribution in [1.29, 1.82) is 0 Å². The minimum absolute atomic E-state index is 0.0243. The van der Waals surface area contributed by atoms with E-state index in [9.17, 15) is 28.8 Å². The van der Waals surface area contributed by atoms with E-state index in [-0.39, 0.29) is 6.54 Å². The maximum Gasteiger partial charge on any atom is 0.337 e. The molecule has 0 bridgehead atoms. The molecule has 0 heterocycles. The summed E-state index contributed by atoms with van der Waals surface area (Å²) in [5.74, 6) is -4.42. The van der Waals surface area contributed by atoms with Gasteiger partial charge in [0, 0.05) is 12.1 Å². The minimum Gasteiger partial charge on any atom is -0.465 e. The number of benzene rings is 2. The zero-order chi connectivity index (χ0) is 31.6. The van der Waals surface area contributed by atoms with Crippen LogP contribution in [0.2, 0.25) is 0 Å². The summed E-state index contributed by atoms with van der Waals surface area (Å²) in [6.45, 7) is 10.1. The molecule has 0 aromatic heterocycles. The fraction of sp³-hybridized carbons (Fsp3) is 0.419. The first-order valence-electron chi connectivity index (χ1n) is 13.6. The molecule has 226 valence electrons. The summed E-state index contributed by atoms with van der Waals surface area (Å²) in [4.78, 5) is 76.3. The van der Waals surface area contributed by atoms with Crippen LogP contribution < -0.4 is 21.3 Å². The Kier molecular flexibility index (Phi) is 11.9. The lowest BCUT2D eigenvalue weighted by molar-refractivity contribution is -0.141. The number of methoxy groups -OCH3 is 1. The topological polar surface area (TPSA) is 160 Å². The van der Waals surface area contributed by atoms with Crippen molar-refractivity contribution in [3.05, 3.63) is 71.3 Å². The number of nitrogens with one attached hydrogen (secondary N) is 4. The number of hydrogen-bond acceptors (Lipinski definition) is 7. The summed E-state index contributed by atoms with van der Waals surface area (Å²) >= 11 is 0. The summed E-state index contributed by atoms with van der Waals surface area (Å²) < 4.78 is 4.69. The summed E-state index contributed by atoms with van der Waals surface area (Å²) in [7, 11) is 1.26. The fourth-order valence-electron chi connectivity index (χ4n) is 3.99. The fourth-order valence-corrected chi connectivity index (χ4v) is 3.99. The predicted molar refractivity (Wildman–Crippen MR) is 156 cm³/mol. The number of rotatable bonds is 12. The number of carbonyl (C=O) groups is 6. The van der Waals surface area contributed by atoms with Crippen molar-refractivity contribution in [3.63, 3.8) is 0 Å². The van der Waals surface area contributed by atoms with Crippen molar-refractivity contribution in [2.45, 2.75) is 66.2 Å². The molecule has 0 aliphatic carbocycles. The first-order chi connectivity index (χ1) is 19.6. The van der Waals surface area contributed by atoms with Crippen LogP contribution in [0.5, 0.6) is 0 Å². The molecule has 4 amide bonds. The second kappa shape index (κ2) is 14.9. The molecule has 3 atom stereocenters. The first-order valence-corrected chi connectivity index (χ1v) is 13.6. The Morgan fingerprint density at radius 3 is 1.98 bits per heavy atom. The van der Waals surface area contributed by atoms with E-state index in [1.54, 1.807) is 83.1 Å². The Hall–Kier alpha value is -4.54. The van der Waals surface area contributed by atoms with Gasteiger partial charge in [-0.2, -0.15) is 0 Å². The van der Waals surface area contributed by atoms with Crippen molar-refractivity contribution in [2.75, 3.05) is 7.11 Å². The van der Waals surface area contributed by atoms with Gasteiger partial charge in [0.2, 0.25) is 17.6 Å². The van der Waals surface area contributed by atoms with Crippen LogP contribution in [-0.2, 0) is 30.5 Å². The molecule has 0 aliphatic heterocycles. The molecule has 2 aromatic carbocycles. The van der Waals surface area contributed by atoms with Crippen molar-refractivity contribution >= 4 is 35.4 Å². The van der Waals surface area contributed by atoms with Gasteiger partial charge in [-0.15, -0.1) is 0 Å². The molecule has 2 rings (SSSR count). The van der Waals surface area contributed by atoms with Crippen LogP contribution in [0.25, 0.3) is 0 Å². The van der Waals surface area contributed by atoms with E-state index >= 15 is 0 Å². The van der Waals surface area contributed by atoms with E-state index in [2.05, 4.69) is 21.3 Å². The van der Waals surface area contributed by atoms with Crippen molar-refractivity contribution in [2.24, 2.45) is 11.3 Å². The highest BCUT2D eigenvalue weighted by molar-refractivity contribution is 6.38. The van der Waals surface area contributed by atoms with Crippen LogP contribution in [0.1, 0.15) is 67.8 Å². The predicted octanol–water partition coefficient (Wildman–Crippen LogP) is 2.15. The molecule has 2 aromatic rings. The average Bonchev–Trinajstić information content (AvgIpc) is 2.95. The Morgan fingerprint density at radius 2 is 1.40 bits per heavy atom. The van der Waals surface area contributed by atoms with Crippen molar-refractivity contribution in [3.8, 4) is 0 Å². The minimum atomic E-state index is -1.16. The molecule has 11 heteroatoms. The maximum atomic E-state index is 13.2. The summed E-state index contributed by atoms with van der Waals surface area (Å²) in [5, 5.41) is 10.4. The standard InChI is InChI=1S/C31H40N4O7/c1-18(2)23(24(36)28(39)32-17-20-12-11-15-22(16-20)30(41)42-7)34-26(37)19(3)33-29(40)25(31(4,5)6)35-27(38)21-13-9-8-10-14-21/h8-16,18-19,23,25H,17H2,1-7H3,(H,32,39)(H,33,40)(H,34,37)(H,35,38)/t19-,23-,25+/m0/s1. The quantitative estimate of drug-likeness (QED) is 0.221. The van der Waals surface area contributed by atoms with Crippen LogP contribution in [0, 0.1) is 11.3 Å². The van der Waals surface area contributed by atoms with E-state index in [1.807, 2.05) is 0 Å². The number of hydrogen-bond donors (Lipinski definition) is 4. The zero-order valence-corrected chi connectivity index (χ0v) is 25.1. The molecule has 11 nitrogen and oxygen atoms in total. The highest BCUT2D eigenvalue weighted by Gasteiger charge is 2.36. The van der Waals surface area contributed by atoms with Gasteiger partial charge in [0.05, 0.1) is 18.7 Å². The van der Waals surface area contributed by atoms with Gasteiger partial charge in [-0.05, 0) is 48.1 Å². The molecule has 4 N–H and O–H groups in total. The van der Waals surface area contributed by atoms with Gasteiger partial charge in [0.25, 0.3) is 11.8 Å². The monoisotopic (exact) mass is 580 g/mol. The molecule has 0 aliphatic rings. The van der Waals surface area contributed by atoms with Crippen LogP contribution in [0.3, 0.4) is 0 Å². The van der Waals surface area contributed by atoms with Crippen molar-refractivity contribution in [1.82, 2.24) is 21.3 Å². The van der Waals surface area contributed by atoms with E-state index in [0.29, 0.717) is 16.7 Å². The number of ketones is 1. The second-order valence-electron chi connectivity index (χ2n) is 11.3. The summed E-state index contributed by atoms with van der Waals surface area (Å²) in [5.41, 5.74) is 0.578. The van der Waals surface area contributed by atoms with Crippen molar-refractivity contribution < 1.29 is 33.5 Å². The number of carbonyl (C=O) groups excluding carboxylic acids is 6. The molecule has 0 saturated carbocycles. The SMILES string of the molecule is COC(=O)c1cccc(CNC(=O)C(=O)[C@@H](NC(=O)[C@H](C)NC(=O)[C@@H](NC(=O)c2ccccc2)C(C)(C)C)C(C)C)c1. The Labute approximate surface area is 246 Å². The third-order valence-corrected chi connectivity index (χ3v) is 6.46. The van der Waals surface area contributed by atoms with Gasteiger partial charge >= 0.3 is 5.97 Å². The van der Waals surface area contributed by atoms with E-state index in [4.69, 9.17) is 4.74 Å². The number of amides is 4. The number of esters is 1. The first kappa shape index (κ1) is 33.7. The molecule has 0 fully saturated rings.